The molecule has 0 aliphatic rings. The van der Waals surface area contributed by atoms with Crippen molar-refractivity contribution >= 4 is 11.6 Å². The van der Waals surface area contributed by atoms with Crippen molar-refractivity contribution in [2.75, 3.05) is 13.7 Å². The van der Waals surface area contributed by atoms with Crippen molar-refractivity contribution in [2.24, 2.45) is 5.73 Å². The molecular weight excluding hydrogens is 293 g/mol. The highest BCUT2D eigenvalue weighted by molar-refractivity contribution is 6.31. The number of aliphatic hydroxyl groups is 1. The zero-order chi connectivity index (χ0) is 15.4. The van der Waals surface area contributed by atoms with Gasteiger partial charge in [-0.15, -0.1) is 0 Å². The van der Waals surface area contributed by atoms with Gasteiger partial charge in [0.05, 0.1) is 13.2 Å². The van der Waals surface area contributed by atoms with E-state index in [0.29, 0.717) is 5.75 Å². The van der Waals surface area contributed by atoms with Crippen molar-refractivity contribution in [2.45, 2.75) is 12.0 Å². The average Bonchev–Trinajstić information content (AvgIpc) is 2.48. The molecule has 0 bridgehead atoms. The molecule has 0 aromatic heterocycles. The Morgan fingerprint density at radius 3 is 2.62 bits per heavy atom. The first-order valence-electron chi connectivity index (χ1n) is 6.54. The van der Waals surface area contributed by atoms with E-state index in [1.54, 1.807) is 31.4 Å². The van der Waals surface area contributed by atoms with Crippen molar-refractivity contribution in [3.63, 3.8) is 0 Å². The second kappa shape index (κ2) is 6.89. The smallest absolute Gasteiger partial charge is 0.130 e. The van der Waals surface area contributed by atoms with Crippen LogP contribution in [0.5, 0.6) is 5.75 Å². The maximum absolute atomic E-state index is 13.9. The highest BCUT2D eigenvalue weighted by Crippen LogP contribution is 2.36. The second-order valence-corrected chi connectivity index (χ2v) is 5.11. The predicted octanol–water partition coefficient (Wildman–Crippen LogP) is 3.26. The summed E-state index contributed by atoms with van der Waals surface area (Å²) < 4.78 is 19.1. The van der Waals surface area contributed by atoms with Crippen LogP contribution < -0.4 is 10.5 Å². The molecule has 21 heavy (non-hydrogen) atoms. The Morgan fingerprint density at radius 1 is 1.29 bits per heavy atom. The van der Waals surface area contributed by atoms with Gasteiger partial charge >= 0.3 is 0 Å². The molecule has 0 aliphatic heterocycles. The maximum Gasteiger partial charge on any atom is 0.130 e. The van der Waals surface area contributed by atoms with Gasteiger partial charge in [0.2, 0.25) is 0 Å². The molecule has 2 rings (SSSR count). The number of methoxy groups -OCH3 is 1. The number of rotatable bonds is 5. The van der Waals surface area contributed by atoms with Gasteiger partial charge in [-0.05, 0) is 29.8 Å². The largest absolute Gasteiger partial charge is 0.497 e. The Bertz CT molecular complexity index is 601. The summed E-state index contributed by atoms with van der Waals surface area (Å²) in [4.78, 5) is 0. The van der Waals surface area contributed by atoms with E-state index in [4.69, 9.17) is 22.1 Å². The van der Waals surface area contributed by atoms with Crippen LogP contribution in [0, 0.1) is 5.82 Å². The molecule has 3 nitrogen and oxygen atoms in total. The Labute approximate surface area is 128 Å². The third-order valence-electron chi connectivity index (χ3n) is 3.45. The van der Waals surface area contributed by atoms with Crippen molar-refractivity contribution in [1.82, 2.24) is 0 Å². The summed E-state index contributed by atoms with van der Waals surface area (Å²) in [7, 11) is 1.56. The molecule has 0 heterocycles. The number of aliphatic hydroxyl groups excluding tert-OH is 1. The van der Waals surface area contributed by atoms with Crippen LogP contribution in [0.2, 0.25) is 5.02 Å². The molecule has 5 heteroatoms. The highest BCUT2D eigenvalue weighted by atomic mass is 35.5. The minimum atomic E-state index is -1.13. The zero-order valence-electron chi connectivity index (χ0n) is 11.6. The van der Waals surface area contributed by atoms with E-state index in [-0.39, 0.29) is 17.1 Å². The molecule has 112 valence electrons. The molecule has 0 radical (unpaired) electrons. The molecular formula is C16H17ClFNO2. The van der Waals surface area contributed by atoms with Crippen LogP contribution in [0.4, 0.5) is 4.39 Å². The minimum absolute atomic E-state index is 0.0671. The van der Waals surface area contributed by atoms with Crippen LogP contribution in [-0.4, -0.2) is 18.8 Å². The van der Waals surface area contributed by atoms with Gasteiger partial charge in [0, 0.05) is 23.0 Å². The van der Waals surface area contributed by atoms with Crippen molar-refractivity contribution in [3.05, 3.63) is 64.4 Å². The van der Waals surface area contributed by atoms with Gasteiger partial charge in [-0.2, -0.15) is 0 Å². The lowest BCUT2D eigenvalue weighted by molar-refractivity contribution is 0.143. The van der Waals surface area contributed by atoms with Crippen LogP contribution in [-0.2, 0) is 0 Å². The second-order valence-electron chi connectivity index (χ2n) is 4.70. The van der Waals surface area contributed by atoms with Gasteiger partial charge in [0.15, 0.2) is 0 Å². The van der Waals surface area contributed by atoms with Crippen LogP contribution in [0.1, 0.15) is 23.1 Å². The number of nitrogens with two attached hydrogens (primary N) is 1. The van der Waals surface area contributed by atoms with Crippen molar-refractivity contribution in [3.8, 4) is 5.75 Å². The molecule has 0 saturated heterocycles. The van der Waals surface area contributed by atoms with E-state index in [9.17, 15) is 9.50 Å². The molecule has 0 fully saturated rings. The normalized spacial score (nSPS) is 13.8. The summed E-state index contributed by atoms with van der Waals surface area (Å²) in [5.74, 6) is -0.372. The van der Waals surface area contributed by atoms with Gasteiger partial charge in [0.1, 0.15) is 11.6 Å². The van der Waals surface area contributed by atoms with Gasteiger partial charge in [0.25, 0.3) is 0 Å². The van der Waals surface area contributed by atoms with E-state index in [1.807, 2.05) is 6.07 Å². The van der Waals surface area contributed by atoms with E-state index >= 15 is 0 Å². The third-order valence-corrected chi connectivity index (χ3v) is 3.78. The predicted molar refractivity (Wildman–Crippen MR) is 81.2 cm³/mol. The zero-order valence-corrected chi connectivity index (χ0v) is 12.3. The monoisotopic (exact) mass is 309 g/mol. The van der Waals surface area contributed by atoms with Crippen LogP contribution in [0.15, 0.2) is 42.5 Å². The highest BCUT2D eigenvalue weighted by Gasteiger charge is 2.26. The van der Waals surface area contributed by atoms with E-state index in [2.05, 4.69) is 0 Å². The summed E-state index contributed by atoms with van der Waals surface area (Å²) in [5.41, 5.74) is 6.60. The van der Waals surface area contributed by atoms with Crippen molar-refractivity contribution in [1.29, 1.82) is 0 Å². The lowest BCUT2D eigenvalue weighted by atomic mass is 9.89. The molecule has 2 unspecified atom stereocenters. The fourth-order valence-electron chi connectivity index (χ4n) is 2.31. The average molecular weight is 310 g/mol. The lowest BCUT2D eigenvalue weighted by Crippen LogP contribution is -2.21. The Balaban J connectivity index is 2.40. The van der Waals surface area contributed by atoms with Gasteiger partial charge in [-0.3, -0.25) is 0 Å². The molecule has 0 saturated carbocycles. The molecule has 3 N–H and O–H groups in total. The Morgan fingerprint density at radius 2 is 2.00 bits per heavy atom. The van der Waals surface area contributed by atoms with E-state index < -0.39 is 17.8 Å². The number of halogens is 2. The lowest BCUT2D eigenvalue weighted by Gasteiger charge is -2.23. The first-order valence-corrected chi connectivity index (χ1v) is 6.92. The molecule has 0 aliphatic carbocycles. The van der Waals surface area contributed by atoms with Gasteiger partial charge in [-0.25, -0.2) is 4.39 Å². The molecule has 2 aromatic carbocycles. The van der Waals surface area contributed by atoms with E-state index in [1.165, 1.54) is 12.1 Å². The minimum Gasteiger partial charge on any atom is -0.497 e. The number of benzene rings is 2. The number of ether oxygens (including phenoxy) is 1. The first-order chi connectivity index (χ1) is 10.1. The van der Waals surface area contributed by atoms with Gasteiger partial charge in [-0.1, -0.05) is 29.8 Å². The number of hydrogen-bond donors (Lipinski definition) is 2. The Hall–Kier alpha value is -1.62. The van der Waals surface area contributed by atoms with Gasteiger partial charge < -0.3 is 15.6 Å². The van der Waals surface area contributed by atoms with Crippen LogP contribution in [0.25, 0.3) is 0 Å². The molecule has 0 spiro atoms. The maximum atomic E-state index is 13.9. The summed E-state index contributed by atoms with van der Waals surface area (Å²) in [6.07, 6.45) is -1.13. The number of hydrogen-bond acceptors (Lipinski definition) is 3. The first kappa shape index (κ1) is 15.8. The fourth-order valence-corrected chi connectivity index (χ4v) is 2.59. The molecule has 0 amide bonds. The molecule has 2 aromatic rings. The Kier molecular flexibility index (Phi) is 5.17. The van der Waals surface area contributed by atoms with Crippen molar-refractivity contribution < 1.29 is 14.2 Å². The quantitative estimate of drug-likeness (QED) is 0.891. The standard InChI is InChI=1S/C16H17ClFNO2/c1-21-11-5-2-4-10(8-11)12(9-19)16(20)15-13(17)6-3-7-14(15)18/h2-8,12,16,20H,9,19H2,1H3. The summed E-state index contributed by atoms with van der Waals surface area (Å²) >= 11 is 6.01. The SMILES string of the molecule is COc1cccc(C(CN)C(O)c2c(F)cccc2Cl)c1. The van der Waals surface area contributed by atoms with Crippen LogP contribution >= 0.6 is 11.6 Å². The topological polar surface area (TPSA) is 55.5 Å². The van der Waals surface area contributed by atoms with Crippen LogP contribution in [0.3, 0.4) is 0 Å². The van der Waals surface area contributed by atoms with E-state index in [0.717, 1.165) is 5.56 Å². The summed E-state index contributed by atoms with van der Waals surface area (Å²) in [6.45, 7) is 0.152. The summed E-state index contributed by atoms with van der Waals surface area (Å²) in [5, 5.41) is 10.7. The summed E-state index contributed by atoms with van der Waals surface area (Å²) in [6, 6.07) is 11.5. The fraction of sp³-hybridized carbons (Fsp3) is 0.250. The molecule has 2 atom stereocenters. The third kappa shape index (κ3) is 3.35.